The number of nitrogens with one attached hydrogen (secondary N) is 1. The van der Waals surface area contributed by atoms with Crippen molar-refractivity contribution < 1.29 is 23.9 Å². The maximum Gasteiger partial charge on any atom is 0.257 e. The highest BCUT2D eigenvalue weighted by Gasteiger charge is 2.29. The third-order valence-electron chi connectivity index (χ3n) is 5.46. The molecule has 30 heavy (non-hydrogen) atoms. The minimum absolute atomic E-state index is 0.0297. The highest BCUT2D eigenvalue weighted by atomic mass is 16.5. The summed E-state index contributed by atoms with van der Waals surface area (Å²) in [6.45, 7) is 8.34. The monoisotopic (exact) mass is 419 g/mol. The zero-order valence-electron chi connectivity index (χ0n) is 18.7. The quantitative estimate of drug-likeness (QED) is 0.813. The van der Waals surface area contributed by atoms with E-state index in [1.807, 2.05) is 13.8 Å². The van der Waals surface area contributed by atoms with Crippen molar-refractivity contribution in [3.8, 4) is 5.75 Å². The van der Waals surface area contributed by atoms with Gasteiger partial charge in [-0.3, -0.25) is 14.4 Å². The van der Waals surface area contributed by atoms with E-state index in [9.17, 15) is 14.4 Å². The zero-order valence-corrected chi connectivity index (χ0v) is 18.7. The minimum atomic E-state index is -0.222. The van der Waals surface area contributed by atoms with Crippen LogP contribution in [0.5, 0.6) is 5.75 Å². The number of carbonyl (C=O) groups excluding carboxylic acids is 3. The van der Waals surface area contributed by atoms with Gasteiger partial charge in [-0.25, -0.2) is 0 Å². The molecule has 0 aromatic heterocycles. The van der Waals surface area contributed by atoms with Crippen molar-refractivity contribution in [2.24, 2.45) is 5.92 Å². The molecule has 1 aliphatic rings. The topological polar surface area (TPSA) is 88.2 Å². The van der Waals surface area contributed by atoms with Gasteiger partial charge in [-0.1, -0.05) is 13.8 Å². The number of anilines is 1. The predicted octanol–water partition coefficient (Wildman–Crippen LogP) is 2.39. The smallest absolute Gasteiger partial charge is 0.257 e. The number of likely N-dealkylation sites (N-methyl/N-ethyl adjacent to an activating group) is 1. The maximum atomic E-state index is 13.1. The molecule has 1 aromatic carbocycles. The Morgan fingerprint density at radius 3 is 2.57 bits per heavy atom. The molecule has 0 saturated heterocycles. The molecule has 0 aliphatic carbocycles. The Bertz CT molecular complexity index is 782. The van der Waals surface area contributed by atoms with Gasteiger partial charge in [0.25, 0.3) is 5.91 Å². The average molecular weight is 420 g/mol. The summed E-state index contributed by atoms with van der Waals surface area (Å²) in [7, 11) is 3.33. The van der Waals surface area contributed by atoms with E-state index in [1.54, 1.807) is 56.0 Å². The fourth-order valence-corrected chi connectivity index (χ4v) is 3.54. The van der Waals surface area contributed by atoms with E-state index in [4.69, 9.17) is 9.47 Å². The number of hydrogen-bond acceptors (Lipinski definition) is 5. The van der Waals surface area contributed by atoms with E-state index in [1.165, 1.54) is 0 Å². The van der Waals surface area contributed by atoms with E-state index >= 15 is 0 Å². The molecule has 1 heterocycles. The van der Waals surface area contributed by atoms with E-state index in [2.05, 4.69) is 5.32 Å². The van der Waals surface area contributed by atoms with E-state index in [0.29, 0.717) is 36.5 Å². The normalized spacial score (nSPS) is 23.0. The SMILES string of the molecule is CCC(=O)Nc1ccc2c(c1)OC[C@@H](C)N(C(C)=O)C[C@@H](C)[C@H](OC)CN(C)C2=O. The summed E-state index contributed by atoms with van der Waals surface area (Å²) in [5.74, 6) is 0.0446. The molecule has 8 nitrogen and oxygen atoms in total. The Kier molecular flexibility index (Phi) is 8.23. The van der Waals surface area contributed by atoms with Gasteiger partial charge in [0.05, 0.1) is 17.7 Å². The van der Waals surface area contributed by atoms with Crippen LogP contribution in [0.1, 0.15) is 44.5 Å². The first-order valence-electron chi connectivity index (χ1n) is 10.3. The van der Waals surface area contributed by atoms with Crippen molar-refractivity contribution in [1.82, 2.24) is 9.80 Å². The van der Waals surface area contributed by atoms with Crippen LogP contribution >= 0.6 is 0 Å². The van der Waals surface area contributed by atoms with Crippen LogP contribution in [0.3, 0.4) is 0 Å². The second-order valence-corrected chi connectivity index (χ2v) is 7.88. The molecule has 8 heteroatoms. The summed E-state index contributed by atoms with van der Waals surface area (Å²) in [6, 6.07) is 4.80. The molecule has 0 radical (unpaired) electrons. The van der Waals surface area contributed by atoms with E-state index in [-0.39, 0.29) is 42.4 Å². The second kappa shape index (κ2) is 10.4. The Morgan fingerprint density at radius 2 is 1.97 bits per heavy atom. The molecule has 0 unspecified atom stereocenters. The van der Waals surface area contributed by atoms with Crippen LogP contribution in [0.4, 0.5) is 5.69 Å². The molecule has 0 spiro atoms. The molecule has 166 valence electrons. The first-order chi connectivity index (χ1) is 14.2. The number of carbonyl (C=O) groups is 3. The molecule has 1 aliphatic heterocycles. The van der Waals surface area contributed by atoms with Crippen LogP contribution in [0.15, 0.2) is 18.2 Å². The average Bonchev–Trinajstić information content (AvgIpc) is 2.72. The zero-order chi connectivity index (χ0) is 22.4. The van der Waals surface area contributed by atoms with Gasteiger partial charge in [-0.05, 0) is 19.1 Å². The van der Waals surface area contributed by atoms with Crippen LogP contribution in [0, 0.1) is 5.92 Å². The molecule has 3 atom stereocenters. The highest BCUT2D eigenvalue weighted by molar-refractivity contribution is 5.98. The van der Waals surface area contributed by atoms with E-state index < -0.39 is 0 Å². The number of hydrogen-bond donors (Lipinski definition) is 1. The third-order valence-corrected chi connectivity index (χ3v) is 5.46. The first-order valence-corrected chi connectivity index (χ1v) is 10.3. The van der Waals surface area contributed by atoms with Gasteiger partial charge < -0.3 is 24.6 Å². The summed E-state index contributed by atoms with van der Waals surface area (Å²) in [5.41, 5.74) is 0.958. The summed E-state index contributed by atoms with van der Waals surface area (Å²) in [5, 5.41) is 2.79. The molecule has 0 fully saturated rings. The summed E-state index contributed by atoms with van der Waals surface area (Å²) in [6.07, 6.45) is 0.126. The second-order valence-electron chi connectivity index (χ2n) is 7.88. The first kappa shape index (κ1) is 23.7. The van der Waals surface area contributed by atoms with Gasteiger partial charge in [0.1, 0.15) is 12.4 Å². The number of nitrogens with zero attached hydrogens (tertiary/aromatic N) is 2. The van der Waals surface area contributed by atoms with Gasteiger partial charge in [0.15, 0.2) is 0 Å². The molecule has 1 N–H and O–H groups in total. The maximum absolute atomic E-state index is 13.1. The van der Waals surface area contributed by atoms with Crippen LogP contribution < -0.4 is 10.1 Å². The molecule has 0 saturated carbocycles. The van der Waals surface area contributed by atoms with Crippen molar-refractivity contribution in [3.05, 3.63) is 23.8 Å². The van der Waals surface area contributed by atoms with Crippen LogP contribution in [0.25, 0.3) is 0 Å². The fraction of sp³-hybridized carbons (Fsp3) is 0.591. The Labute approximate surface area is 178 Å². The molecule has 1 aromatic rings. The van der Waals surface area contributed by atoms with Crippen molar-refractivity contribution in [2.45, 2.75) is 46.3 Å². The molecule has 3 amide bonds. The molecule has 2 rings (SSSR count). The summed E-state index contributed by atoms with van der Waals surface area (Å²) in [4.78, 5) is 40.5. The Hall–Kier alpha value is -2.61. The van der Waals surface area contributed by atoms with Crippen molar-refractivity contribution in [2.75, 3.05) is 39.2 Å². The lowest BCUT2D eigenvalue weighted by atomic mass is 10.0. The van der Waals surface area contributed by atoms with Gasteiger partial charge in [-0.15, -0.1) is 0 Å². The van der Waals surface area contributed by atoms with Gasteiger partial charge in [0, 0.05) is 58.3 Å². The number of rotatable bonds is 3. The van der Waals surface area contributed by atoms with Crippen molar-refractivity contribution in [1.29, 1.82) is 0 Å². The lowest BCUT2D eigenvalue weighted by molar-refractivity contribution is -0.133. The largest absolute Gasteiger partial charge is 0.491 e. The molecular formula is C22H33N3O5. The number of benzene rings is 1. The molecular weight excluding hydrogens is 386 g/mol. The number of methoxy groups -OCH3 is 1. The number of ether oxygens (including phenoxy) is 2. The lowest BCUT2D eigenvalue weighted by Crippen LogP contribution is -2.48. The van der Waals surface area contributed by atoms with Gasteiger partial charge in [-0.2, -0.15) is 0 Å². The van der Waals surface area contributed by atoms with Crippen LogP contribution in [-0.2, 0) is 14.3 Å². The number of amides is 3. The fourth-order valence-electron chi connectivity index (χ4n) is 3.54. The third kappa shape index (κ3) is 5.72. The van der Waals surface area contributed by atoms with Gasteiger partial charge >= 0.3 is 0 Å². The van der Waals surface area contributed by atoms with Gasteiger partial charge in [0.2, 0.25) is 11.8 Å². The van der Waals surface area contributed by atoms with Crippen LogP contribution in [0.2, 0.25) is 0 Å². The Balaban J connectivity index is 2.44. The lowest BCUT2D eigenvalue weighted by Gasteiger charge is -2.35. The standard InChI is InChI=1S/C22H33N3O5/c1-7-21(27)23-17-8-9-18-19(10-17)30-13-15(3)25(16(4)26)11-14(2)20(29-6)12-24(5)22(18)28/h8-10,14-15,20H,7,11-13H2,1-6H3,(H,23,27)/t14-,15-,20-/m1/s1. The summed E-state index contributed by atoms with van der Waals surface area (Å²) >= 11 is 0. The van der Waals surface area contributed by atoms with Crippen molar-refractivity contribution in [3.63, 3.8) is 0 Å². The minimum Gasteiger partial charge on any atom is -0.491 e. The highest BCUT2D eigenvalue weighted by Crippen LogP contribution is 2.27. The Morgan fingerprint density at radius 1 is 1.27 bits per heavy atom. The van der Waals surface area contributed by atoms with E-state index in [0.717, 1.165) is 0 Å². The van der Waals surface area contributed by atoms with Crippen LogP contribution in [-0.4, -0.2) is 73.5 Å². The summed E-state index contributed by atoms with van der Waals surface area (Å²) < 4.78 is 11.6. The predicted molar refractivity (Wildman–Crippen MR) is 115 cm³/mol. The van der Waals surface area contributed by atoms with Crippen molar-refractivity contribution >= 4 is 23.4 Å². The number of fused-ring (bicyclic) bond motifs is 1. The molecule has 0 bridgehead atoms.